The summed E-state index contributed by atoms with van der Waals surface area (Å²) in [5, 5.41) is 5.85. The van der Waals surface area contributed by atoms with Gasteiger partial charge in [0.15, 0.2) is 0 Å². The summed E-state index contributed by atoms with van der Waals surface area (Å²) in [5.41, 5.74) is 13.3. The van der Waals surface area contributed by atoms with Gasteiger partial charge < -0.3 is 14.2 Å². The fourth-order valence-electron chi connectivity index (χ4n) is 8.92. The molecular weight excluding hydrogens is 785 g/mol. The van der Waals surface area contributed by atoms with Gasteiger partial charge in [-0.05, 0) is 113 Å². The highest BCUT2D eigenvalue weighted by molar-refractivity contribution is 7.20. The number of nitrogens with zero attached hydrogens (tertiary/aromatic N) is 2. The van der Waals surface area contributed by atoms with Crippen molar-refractivity contribution >= 4 is 100 Å². The van der Waals surface area contributed by atoms with Crippen LogP contribution in [0.5, 0.6) is 0 Å². The largest absolute Gasteiger partial charge is 0.456 e. The summed E-state index contributed by atoms with van der Waals surface area (Å²) >= 11 is 1.80. The molecule has 0 atom stereocenters. The van der Waals surface area contributed by atoms with Gasteiger partial charge in [-0.15, -0.1) is 11.3 Å². The number of anilines is 6. The molecule has 3 nitrogen and oxygen atoms in total. The van der Waals surface area contributed by atoms with Crippen LogP contribution in [0.25, 0.3) is 66.1 Å². The Morgan fingerprint density at radius 2 is 1.10 bits per heavy atom. The van der Waals surface area contributed by atoms with Gasteiger partial charge in [0.25, 0.3) is 0 Å². The third-order valence-corrected chi connectivity index (χ3v) is 13.1. The van der Waals surface area contributed by atoms with Crippen molar-refractivity contribution in [3.63, 3.8) is 0 Å². The fraction of sp³-hybridized carbons (Fsp3) is 0.0169. The lowest BCUT2D eigenvalue weighted by Crippen LogP contribution is -2.10. The van der Waals surface area contributed by atoms with Crippen molar-refractivity contribution in [2.45, 2.75) is 6.42 Å². The molecule has 11 rings (SSSR count). The van der Waals surface area contributed by atoms with Crippen LogP contribution in [0, 0.1) is 0 Å². The summed E-state index contributed by atoms with van der Waals surface area (Å²) in [4.78, 5) is 5.84. The predicted molar refractivity (Wildman–Crippen MR) is 271 cm³/mol. The molecule has 4 heteroatoms. The molecule has 0 aliphatic carbocycles. The molecule has 11 aromatic rings. The van der Waals surface area contributed by atoms with E-state index in [4.69, 9.17) is 4.42 Å². The van der Waals surface area contributed by atoms with Gasteiger partial charge in [0.1, 0.15) is 11.2 Å². The molecule has 2 heterocycles. The Morgan fingerprint density at radius 3 is 1.86 bits per heavy atom. The second-order valence-corrected chi connectivity index (χ2v) is 16.8. The first kappa shape index (κ1) is 38.0. The Balaban J connectivity index is 0.930. The number of benzene rings is 9. The maximum atomic E-state index is 6.24. The smallest absolute Gasteiger partial charge is 0.135 e. The zero-order chi connectivity index (χ0) is 42.1. The molecule has 0 unspecified atom stereocenters. The lowest BCUT2D eigenvalue weighted by Gasteiger charge is -2.27. The van der Waals surface area contributed by atoms with Crippen LogP contribution in [0.1, 0.15) is 16.0 Å². The van der Waals surface area contributed by atoms with E-state index in [1.54, 1.807) is 11.3 Å². The maximum Gasteiger partial charge on any atom is 0.135 e. The molecule has 0 bridgehead atoms. The monoisotopic (exact) mass is 826 g/mol. The third-order valence-electron chi connectivity index (χ3n) is 11.9. The normalized spacial score (nSPS) is 11.6. The molecule has 63 heavy (non-hydrogen) atoms. The highest BCUT2D eigenvalue weighted by Gasteiger charge is 2.19. The first-order chi connectivity index (χ1) is 31.2. The van der Waals surface area contributed by atoms with Gasteiger partial charge >= 0.3 is 0 Å². The Hall–Kier alpha value is -7.92. The number of rotatable bonds is 11. The van der Waals surface area contributed by atoms with E-state index in [9.17, 15) is 0 Å². The molecule has 0 radical (unpaired) electrons. The summed E-state index contributed by atoms with van der Waals surface area (Å²) in [6, 6.07) is 75.6. The number of allylic oxidation sites excluding steroid dienone is 1. The van der Waals surface area contributed by atoms with Crippen molar-refractivity contribution in [3.8, 4) is 11.1 Å². The molecule has 300 valence electrons. The minimum absolute atomic E-state index is 0.812. The van der Waals surface area contributed by atoms with Crippen molar-refractivity contribution in [2.75, 3.05) is 9.80 Å². The van der Waals surface area contributed by atoms with Crippen LogP contribution in [-0.4, -0.2) is 0 Å². The van der Waals surface area contributed by atoms with Crippen LogP contribution in [0.2, 0.25) is 0 Å². The number of hydrogen-bond donors (Lipinski definition) is 0. The average Bonchev–Trinajstić information content (AvgIpc) is 3.91. The zero-order valence-corrected chi connectivity index (χ0v) is 35.4. The molecule has 0 aliphatic heterocycles. The van der Waals surface area contributed by atoms with Gasteiger partial charge in [-0.25, -0.2) is 0 Å². The van der Waals surface area contributed by atoms with Crippen LogP contribution in [0.4, 0.5) is 34.1 Å². The van der Waals surface area contributed by atoms with Crippen molar-refractivity contribution < 1.29 is 4.42 Å². The first-order valence-corrected chi connectivity index (χ1v) is 22.2. The fourth-order valence-corrected chi connectivity index (χ4v) is 9.99. The molecule has 0 amide bonds. The van der Waals surface area contributed by atoms with Gasteiger partial charge in [0.05, 0.1) is 5.69 Å². The van der Waals surface area contributed by atoms with Gasteiger partial charge in [-0.2, -0.15) is 0 Å². The standard InChI is InChI=1S/C59H42N2OS/c1-2-57-52(26-13-16-41-30-34-46(35-31-41)60(44-19-5-3-6-20-44)45-21-7-4-8-22-45)59-50(25-15-29-58(59)63-57)43-32-36-47(37-33-43)61(54-27-14-18-42-17-9-10-23-49(42)54)48-38-39-56-53(40-48)51-24-11-12-28-55(51)62-56/h2-15,17-40H,1,16H2/b26-13-. The molecule has 0 saturated carbocycles. The Bertz CT molecular complexity index is 3390. The van der Waals surface area contributed by atoms with Crippen molar-refractivity contribution in [1.82, 2.24) is 0 Å². The lowest BCUT2D eigenvalue weighted by atomic mass is 9.97. The molecule has 0 aliphatic rings. The maximum absolute atomic E-state index is 6.24. The Kier molecular flexibility index (Phi) is 9.96. The van der Waals surface area contributed by atoms with Crippen molar-refractivity contribution in [1.29, 1.82) is 0 Å². The average molecular weight is 827 g/mol. The van der Waals surface area contributed by atoms with E-state index in [0.717, 1.165) is 62.5 Å². The number of para-hydroxylation sites is 3. The van der Waals surface area contributed by atoms with E-state index in [1.807, 2.05) is 18.2 Å². The number of thiophene rings is 1. The molecular formula is C59H42N2OS. The zero-order valence-electron chi connectivity index (χ0n) is 34.6. The van der Waals surface area contributed by atoms with Gasteiger partial charge in [-0.3, -0.25) is 0 Å². The van der Waals surface area contributed by atoms with Crippen LogP contribution in [-0.2, 0) is 6.42 Å². The Morgan fingerprint density at radius 1 is 0.492 bits per heavy atom. The van der Waals surface area contributed by atoms with Crippen LogP contribution < -0.4 is 9.80 Å². The summed E-state index contributed by atoms with van der Waals surface area (Å²) in [5.74, 6) is 0. The van der Waals surface area contributed by atoms with Crippen LogP contribution >= 0.6 is 11.3 Å². The molecule has 2 aromatic heterocycles. The molecule has 9 aromatic carbocycles. The van der Waals surface area contributed by atoms with E-state index in [1.165, 1.54) is 48.0 Å². The molecule has 0 N–H and O–H groups in total. The Labute approximate surface area is 371 Å². The highest BCUT2D eigenvalue weighted by atomic mass is 32.1. The quantitative estimate of drug-likeness (QED) is 0.130. The van der Waals surface area contributed by atoms with E-state index in [0.29, 0.717) is 0 Å². The predicted octanol–water partition coefficient (Wildman–Crippen LogP) is 17.5. The minimum atomic E-state index is 0.812. The molecule has 0 fully saturated rings. The van der Waals surface area contributed by atoms with E-state index < -0.39 is 0 Å². The topological polar surface area (TPSA) is 19.6 Å². The van der Waals surface area contributed by atoms with E-state index in [2.05, 4.69) is 229 Å². The van der Waals surface area contributed by atoms with Gasteiger partial charge in [-0.1, -0.05) is 152 Å². The summed E-state index contributed by atoms with van der Waals surface area (Å²) in [6.07, 6.45) is 7.39. The SMILES string of the molecule is C=Cc1sc2cccc(-c3ccc(N(c4ccc5oc6ccccc6c5c4)c4cccc5ccccc45)cc3)c2c1/C=C\Cc1ccc(N(c2ccccc2)c2ccccc2)cc1. The van der Waals surface area contributed by atoms with Crippen LogP contribution in [0.15, 0.2) is 229 Å². The lowest BCUT2D eigenvalue weighted by molar-refractivity contribution is 0.669. The van der Waals surface area contributed by atoms with E-state index in [-0.39, 0.29) is 0 Å². The number of fused-ring (bicyclic) bond motifs is 5. The third kappa shape index (κ3) is 7.17. The number of hydrogen-bond acceptors (Lipinski definition) is 4. The van der Waals surface area contributed by atoms with E-state index >= 15 is 0 Å². The van der Waals surface area contributed by atoms with Gasteiger partial charge in [0, 0.05) is 65.1 Å². The summed E-state index contributed by atoms with van der Waals surface area (Å²) in [7, 11) is 0. The minimum Gasteiger partial charge on any atom is -0.456 e. The van der Waals surface area contributed by atoms with Crippen molar-refractivity contribution in [3.05, 3.63) is 241 Å². The molecule has 0 spiro atoms. The summed E-state index contributed by atoms with van der Waals surface area (Å²) < 4.78 is 7.49. The molecule has 0 saturated heterocycles. The van der Waals surface area contributed by atoms with Crippen LogP contribution in [0.3, 0.4) is 0 Å². The number of furan rings is 1. The second kappa shape index (κ2) is 16.5. The van der Waals surface area contributed by atoms with Gasteiger partial charge in [0.2, 0.25) is 0 Å². The van der Waals surface area contributed by atoms with Crippen molar-refractivity contribution in [2.24, 2.45) is 0 Å². The summed E-state index contributed by atoms with van der Waals surface area (Å²) in [6.45, 7) is 4.23. The highest BCUT2D eigenvalue weighted by Crippen LogP contribution is 2.44. The second-order valence-electron chi connectivity index (χ2n) is 15.7. The first-order valence-electron chi connectivity index (χ1n) is 21.3.